The number of anilines is 3. The molecule has 1 fully saturated rings. The van der Waals surface area contributed by atoms with Gasteiger partial charge in [0.15, 0.2) is 0 Å². The molecular weight excluding hydrogens is 373 g/mol. The Morgan fingerprint density at radius 2 is 1.58 bits per heavy atom. The zero-order valence-electron chi connectivity index (χ0n) is 14.5. The van der Waals surface area contributed by atoms with Gasteiger partial charge in [-0.2, -0.15) is 0 Å². The molecule has 2 amide bonds. The first-order valence-corrected chi connectivity index (χ1v) is 8.93. The zero-order chi connectivity index (χ0) is 18.9. The van der Waals surface area contributed by atoms with Crippen LogP contribution in [0.5, 0.6) is 0 Å². The monoisotopic (exact) mass is 391 g/mol. The first kappa shape index (κ1) is 18.5. The Kier molecular flexibility index (Phi) is 5.12. The van der Waals surface area contributed by atoms with Crippen molar-refractivity contribution >= 4 is 52.1 Å². The maximum Gasteiger partial charge on any atom is 0.240 e. The van der Waals surface area contributed by atoms with Crippen molar-refractivity contribution in [3.8, 4) is 0 Å². The van der Waals surface area contributed by atoms with Crippen molar-refractivity contribution in [2.45, 2.75) is 12.8 Å². The first-order chi connectivity index (χ1) is 12.3. The molecule has 2 N–H and O–H groups in total. The number of nitrogens with one attached hydrogen (secondary N) is 2. The predicted molar refractivity (Wildman–Crippen MR) is 106 cm³/mol. The summed E-state index contributed by atoms with van der Waals surface area (Å²) in [6.07, 6.45) is 0.997. The summed E-state index contributed by atoms with van der Waals surface area (Å²) in [5, 5.41) is 6.38. The minimum Gasteiger partial charge on any atom is -0.378 e. The minimum atomic E-state index is -1.06. The number of benzene rings is 2. The summed E-state index contributed by atoms with van der Waals surface area (Å²) in [6.45, 7) is 0. The fourth-order valence-electron chi connectivity index (χ4n) is 2.61. The Labute approximate surface area is 162 Å². The molecule has 136 valence electrons. The highest BCUT2D eigenvalue weighted by atomic mass is 35.5. The van der Waals surface area contributed by atoms with Gasteiger partial charge < -0.3 is 15.5 Å². The summed E-state index contributed by atoms with van der Waals surface area (Å²) in [7, 11) is 3.89. The predicted octanol–water partition coefficient (Wildman–Crippen LogP) is 4.42. The molecule has 5 nitrogen and oxygen atoms in total. The normalized spacial score (nSPS) is 14.5. The van der Waals surface area contributed by atoms with Gasteiger partial charge in [-0.15, -0.1) is 0 Å². The van der Waals surface area contributed by atoms with Gasteiger partial charge in [-0.1, -0.05) is 23.2 Å². The molecule has 0 unspecified atom stereocenters. The van der Waals surface area contributed by atoms with Crippen LogP contribution in [0.1, 0.15) is 12.8 Å². The van der Waals surface area contributed by atoms with E-state index >= 15 is 0 Å². The molecule has 2 aromatic rings. The Balaban J connectivity index is 1.70. The van der Waals surface area contributed by atoms with Crippen LogP contribution in [0.3, 0.4) is 0 Å². The summed E-state index contributed by atoms with van der Waals surface area (Å²) in [4.78, 5) is 27.3. The molecule has 0 radical (unpaired) electrons. The molecule has 0 spiro atoms. The van der Waals surface area contributed by atoms with Crippen LogP contribution < -0.4 is 15.5 Å². The third-order valence-corrected chi connectivity index (χ3v) is 5.00. The van der Waals surface area contributed by atoms with Crippen LogP contribution in [0, 0.1) is 5.41 Å². The number of nitrogens with zero attached hydrogens (tertiary/aromatic N) is 1. The van der Waals surface area contributed by atoms with Gasteiger partial charge in [0.2, 0.25) is 11.8 Å². The van der Waals surface area contributed by atoms with Crippen LogP contribution in [0.2, 0.25) is 10.0 Å². The Bertz CT molecular complexity index is 846. The second kappa shape index (κ2) is 7.17. The number of hydrogen-bond donors (Lipinski definition) is 2. The molecule has 3 rings (SSSR count). The highest BCUT2D eigenvalue weighted by Crippen LogP contribution is 2.48. The highest BCUT2D eigenvalue weighted by Gasteiger charge is 2.56. The summed E-state index contributed by atoms with van der Waals surface area (Å²) < 4.78 is 0. The number of carbonyl (C=O) groups is 2. The lowest BCUT2D eigenvalue weighted by molar-refractivity contribution is -0.131. The van der Waals surface area contributed by atoms with Gasteiger partial charge in [-0.3, -0.25) is 9.59 Å². The van der Waals surface area contributed by atoms with Gasteiger partial charge in [0.1, 0.15) is 5.41 Å². The molecule has 1 saturated carbocycles. The summed E-state index contributed by atoms with van der Waals surface area (Å²) in [6, 6.07) is 12.2. The fourth-order valence-corrected chi connectivity index (χ4v) is 2.95. The Morgan fingerprint density at radius 3 is 2.15 bits per heavy atom. The second-order valence-corrected chi connectivity index (χ2v) is 7.40. The van der Waals surface area contributed by atoms with Crippen molar-refractivity contribution in [1.29, 1.82) is 0 Å². The molecule has 26 heavy (non-hydrogen) atoms. The molecule has 0 aliphatic heterocycles. The first-order valence-electron chi connectivity index (χ1n) is 8.17. The standard InChI is InChI=1S/C19H19Cl2N3O2/c1-24(2)14-6-4-13(5-7-14)22-17(25)19(9-10-19)18(26)23-16-11-12(20)3-8-15(16)21/h3-8,11H,9-10H2,1-2H3,(H,22,25)(H,23,26). The third kappa shape index (κ3) is 3.79. The quantitative estimate of drug-likeness (QED) is 0.741. The molecule has 0 heterocycles. The van der Waals surface area contributed by atoms with Crippen molar-refractivity contribution < 1.29 is 9.59 Å². The van der Waals surface area contributed by atoms with Gasteiger partial charge in [-0.25, -0.2) is 0 Å². The lowest BCUT2D eigenvalue weighted by Crippen LogP contribution is -2.35. The number of amides is 2. The number of halogens is 2. The van der Waals surface area contributed by atoms with Crippen LogP contribution >= 0.6 is 23.2 Å². The Morgan fingerprint density at radius 1 is 0.962 bits per heavy atom. The summed E-state index contributed by atoms with van der Waals surface area (Å²) in [5.74, 6) is -0.685. The average Bonchev–Trinajstić information content (AvgIpc) is 3.40. The van der Waals surface area contributed by atoms with Crippen LogP contribution in [0.15, 0.2) is 42.5 Å². The fraction of sp³-hybridized carbons (Fsp3) is 0.263. The lowest BCUT2D eigenvalue weighted by atomic mass is 10.0. The lowest BCUT2D eigenvalue weighted by Gasteiger charge is -2.17. The zero-order valence-corrected chi connectivity index (χ0v) is 16.0. The number of hydrogen-bond acceptors (Lipinski definition) is 3. The molecular formula is C19H19Cl2N3O2. The molecule has 0 aromatic heterocycles. The van der Waals surface area contributed by atoms with Crippen LogP contribution in [0.4, 0.5) is 17.1 Å². The largest absolute Gasteiger partial charge is 0.378 e. The van der Waals surface area contributed by atoms with Crippen LogP contribution in [-0.2, 0) is 9.59 Å². The van der Waals surface area contributed by atoms with E-state index in [0.29, 0.717) is 34.3 Å². The van der Waals surface area contributed by atoms with E-state index in [1.165, 1.54) is 0 Å². The van der Waals surface area contributed by atoms with Crippen molar-refractivity contribution in [1.82, 2.24) is 0 Å². The van der Waals surface area contributed by atoms with E-state index in [1.807, 2.05) is 43.3 Å². The van der Waals surface area contributed by atoms with E-state index in [2.05, 4.69) is 10.6 Å². The Hall–Kier alpha value is -2.24. The maximum absolute atomic E-state index is 12.7. The molecule has 0 bridgehead atoms. The van der Waals surface area contributed by atoms with Crippen molar-refractivity contribution in [2.75, 3.05) is 29.6 Å². The van der Waals surface area contributed by atoms with Crippen molar-refractivity contribution in [3.05, 3.63) is 52.5 Å². The van der Waals surface area contributed by atoms with E-state index in [-0.39, 0.29) is 11.8 Å². The average molecular weight is 392 g/mol. The van der Waals surface area contributed by atoms with Gasteiger partial charge in [0, 0.05) is 30.5 Å². The van der Waals surface area contributed by atoms with Gasteiger partial charge in [0.25, 0.3) is 0 Å². The molecule has 7 heteroatoms. The smallest absolute Gasteiger partial charge is 0.240 e. The van der Waals surface area contributed by atoms with Gasteiger partial charge in [-0.05, 0) is 55.3 Å². The van der Waals surface area contributed by atoms with E-state index in [0.717, 1.165) is 5.69 Å². The number of carbonyl (C=O) groups excluding carboxylic acids is 2. The highest BCUT2D eigenvalue weighted by molar-refractivity contribution is 6.36. The van der Waals surface area contributed by atoms with Crippen molar-refractivity contribution in [3.63, 3.8) is 0 Å². The van der Waals surface area contributed by atoms with Crippen LogP contribution in [-0.4, -0.2) is 25.9 Å². The molecule has 0 saturated heterocycles. The minimum absolute atomic E-state index is 0.314. The van der Waals surface area contributed by atoms with Gasteiger partial charge in [0.05, 0.1) is 10.7 Å². The molecule has 1 aliphatic carbocycles. The topological polar surface area (TPSA) is 61.4 Å². The molecule has 1 aliphatic rings. The maximum atomic E-state index is 12.7. The second-order valence-electron chi connectivity index (χ2n) is 6.56. The third-order valence-electron chi connectivity index (χ3n) is 4.44. The van der Waals surface area contributed by atoms with Gasteiger partial charge >= 0.3 is 0 Å². The van der Waals surface area contributed by atoms with E-state index in [9.17, 15) is 9.59 Å². The van der Waals surface area contributed by atoms with E-state index in [1.54, 1.807) is 18.2 Å². The van der Waals surface area contributed by atoms with Crippen molar-refractivity contribution in [2.24, 2.45) is 5.41 Å². The summed E-state index contributed by atoms with van der Waals surface area (Å²) >= 11 is 12.0. The number of rotatable bonds is 5. The SMILES string of the molecule is CN(C)c1ccc(NC(=O)C2(C(=O)Nc3cc(Cl)ccc3Cl)CC2)cc1. The van der Waals surface area contributed by atoms with Crippen LogP contribution in [0.25, 0.3) is 0 Å². The molecule has 2 aromatic carbocycles. The van der Waals surface area contributed by atoms with E-state index in [4.69, 9.17) is 23.2 Å². The van der Waals surface area contributed by atoms with E-state index < -0.39 is 5.41 Å². The molecule has 0 atom stereocenters. The summed E-state index contributed by atoms with van der Waals surface area (Å²) in [5.41, 5.74) is 1.02.